The number of carbonyl (C=O) groups excluding carboxylic acids is 2. The molecule has 10 heteroatoms. The van der Waals surface area contributed by atoms with E-state index < -0.39 is 29.6 Å². The number of likely N-dealkylation sites (tertiary alicyclic amines) is 1. The van der Waals surface area contributed by atoms with Gasteiger partial charge in [-0.25, -0.2) is 0 Å². The van der Waals surface area contributed by atoms with Gasteiger partial charge in [-0.05, 0) is 19.1 Å². The van der Waals surface area contributed by atoms with Crippen molar-refractivity contribution in [3.05, 3.63) is 33.9 Å². The Morgan fingerprint density at radius 3 is 2.67 bits per heavy atom. The highest BCUT2D eigenvalue weighted by Gasteiger charge is 2.38. The van der Waals surface area contributed by atoms with Gasteiger partial charge in [0, 0.05) is 24.6 Å². The van der Waals surface area contributed by atoms with E-state index in [-0.39, 0.29) is 35.7 Å². The summed E-state index contributed by atoms with van der Waals surface area (Å²) in [7, 11) is 0. The average Bonchev–Trinajstić information content (AvgIpc) is 2.76. The van der Waals surface area contributed by atoms with Gasteiger partial charge in [0.05, 0.1) is 11.0 Å². The van der Waals surface area contributed by atoms with Crippen LogP contribution in [0.25, 0.3) is 0 Å². The fourth-order valence-electron chi connectivity index (χ4n) is 2.48. The molecule has 24 heavy (non-hydrogen) atoms. The van der Waals surface area contributed by atoms with Gasteiger partial charge < -0.3 is 10.2 Å². The van der Waals surface area contributed by atoms with Crippen LogP contribution in [0.15, 0.2) is 18.2 Å². The summed E-state index contributed by atoms with van der Waals surface area (Å²) in [6.45, 7) is -0.295. The fraction of sp³-hybridized carbons (Fsp3) is 0.429. The molecule has 0 bridgehead atoms. The predicted molar refractivity (Wildman–Crippen MR) is 77.8 cm³/mol. The van der Waals surface area contributed by atoms with Crippen molar-refractivity contribution in [2.45, 2.75) is 25.6 Å². The number of hydrogen-bond acceptors (Lipinski definition) is 5. The largest absolute Gasteiger partial charge is 0.406 e. The number of rotatable bonds is 5. The van der Waals surface area contributed by atoms with Crippen molar-refractivity contribution in [2.24, 2.45) is 0 Å². The van der Waals surface area contributed by atoms with Crippen LogP contribution in [0.3, 0.4) is 0 Å². The lowest BCUT2D eigenvalue weighted by Gasteiger charge is -2.19. The lowest BCUT2D eigenvalue weighted by Crippen LogP contribution is -2.36. The molecular weight excluding hydrogens is 331 g/mol. The molecule has 1 N–H and O–H groups in total. The number of alkyl halides is 3. The third-order valence-electron chi connectivity index (χ3n) is 3.55. The van der Waals surface area contributed by atoms with Crippen LogP contribution >= 0.6 is 0 Å². The van der Waals surface area contributed by atoms with E-state index in [0.29, 0.717) is 4.90 Å². The monoisotopic (exact) mass is 345 g/mol. The van der Waals surface area contributed by atoms with E-state index >= 15 is 0 Å². The maximum Gasteiger partial charge on any atom is 0.406 e. The molecule has 1 heterocycles. The van der Waals surface area contributed by atoms with Crippen LogP contribution < -0.4 is 5.32 Å². The summed E-state index contributed by atoms with van der Waals surface area (Å²) in [5.74, 6) is -1.02. The summed E-state index contributed by atoms with van der Waals surface area (Å²) in [5, 5.41) is 13.8. The van der Waals surface area contributed by atoms with Crippen LogP contribution in [-0.2, 0) is 4.79 Å². The fourth-order valence-corrected chi connectivity index (χ4v) is 2.48. The Bertz CT molecular complexity index is 690. The molecule has 1 atom stereocenters. The molecule has 7 nitrogen and oxygen atoms in total. The van der Waals surface area contributed by atoms with Crippen molar-refractivity contribution >= 4 is 23.1 Å². The Kier molecular flexibility index (Phi) is 4.76. The molecule has 0 aliphatic carbocycles. The zero-order valence-electron chi connectivity index (χ0n) is 12.6. The molecule has 1 aromatic carbocycles. The Morgan fingerprint density at radius 1 is 1.46 bits per heavy atom. The molecule has 1 aliphatic rings. The quantitative estimate of drug-likeness (QED) is 0.502. The summed E-state index contributed by atoms with van der Waals surface area (Å²) in [5.41, 5.74) is -0.172. The zero-order chi connectivity index (χ0) is 18.1. The van der Waals surface area contributed by atoms with E-state index in [1.165, 1.54) is 19.1 Å². The number of benzene rings is 1. The van der Waals surface area contributed by atoms with Gasteiger partial charge in [-0.15, -0.1) is 0 Å². The molecule has 1 aliphatic heterocycles. The van der Waals surface area contributed by atoms with Crippen LogP contribution in [0, 0.1) is 10.1 Å². The average molecular weight is 345 g/mol. The zero-order valence-corrected chi connectivity index (χ0v) is 12.6. The van der Waals surface area contributed by atoms with Crippen molar-refractivity contribution in [2.75, 3.05) is 18.4 Å². The SMILES string of the molecule is CC(=O)c1ccc(NC2CC(=O)N(CC(F)(F)F)C2)c([N+](=O)[O-])c1. The second-order valence-corrected chi connectivity index (χ2v) is 5.48. The lowest BCUT2D eigenvalue weighted by atomic mass is 10.1. The van der Waals surface area contributed by atoms with Gasteiger partial charge in [-0.2, -0.15) is 13.2 Å². The number of halogens is 3. The van der Waals surface area contributed by atoms with Crippen LogP contribution in [0.1, 0.15) is 23.7 Å². The standard InChI is InChI=1S/C14H14F3N3O4/c1-8(21)9-2-3-11(12(4-9)20(23)24)18-10-5-13(22)19(6-10)7-14(15,16)17/h2-4,10,18H,5-7H2,1H3. The highest BCUT2D eigenvalue weighted by atomic mass is 19.4. The molecule has 130 valence electrons. The molecule has 0 spiro atoms. The highest BCUT2D eigenvalue weighted by Crippen LogP contribution is 2.29. The second-order valence-electron chi connectivity index (χ2n) is 5.48. The Balaban J connectivity index is 2.16. The van der Waals surface area contributed by atoms with Gasteiger partial charge in [0.1, 0.15) is 12.2 Å². The van der Waals surface area contributed by atoms with E-state index in [4.69, 9.17) is 0 Å². The maximum absolute atomic E-state index is 12.4. The second kappa shape index (κ2) is 6.46. The minimum absolute atomic E-state index is 0.0525. The first-order chi connectivity index (χ1) is 11.1. The number of amides is 1. The Hall–Kier alpha value is -2.65. The van der Waals surface area contributed by atoms with Gasteiger partial charge >= 0.3 is 6.18 Å². The van der Waals surface area contributed by atoms with Crippen molar-refractivity contribution in [3.63, 3.8) is 0 Å². The van der Waals surface area contributed by atoms with Gasteiger partial charge in [0.2, 0.25) is 5.91 Å². The van der Waals surface area contributed by atoms with Gasteiger partial charge in [-0.1, -0.05) is 0 Å². The van der Waals surface area contributed by atoms with Crippen LogP contribution in [-0.4, -0.2) is 46.8 Å². The number of anilines is 1. The minimum Gasteiger partial charge on any atom is -0.374 e. The maximum atomic E-state index is 12.4. The third kappa shape index (κ3) is 4.21. The normalized spacial score (nSPS) is 17.9. The van der Waals surface area contributed by atoms with Crippen molar-refractivity contribution < 1.29 is 27.7 Å². The summed E-state index contributed by atoms with van der Waals surface area (Å²) >= 11 is 0. The van der Waals surface area contributed by atoms with Gasteiger partial charge in [0.15, 0.2) is 5.78 Å². The number of nitro groups is 1. The molecule has 0 aromatic heterocycles. The number of nitrogens with zero attached hydrogens (tertiary/aromatic N) is 2. The number of Topliss-reactive ketones (excluding diaryl/α,β-unsaturated/α-hetero) is 1. The molecular formula is C14H14F3N3O4. The summed E-state index contributed by atoms with van der Waals surface area (Å²) in [6, 6.07) is 3.10. The molecule has 1 unspecified atom stereocenters. The number of ketones is 1. The molecule has 1 saturated heterocycles. The molecule has 0 saturated carbocycles. The Labute approximate surface area is 134 Å². The van der Waals surface area contributed by atoms with E-state index in [9.17, 15) is 32.9 Å². The number of nitrogens with one attached hydrogen (secondary N) is 1. The van der Waals surface area contributed by atoms with Gasteiger partial charge in [0.25, 0.3) is 5.69 Å². The smallest absolute Gasteiger partial charge is 0.374 e. The topological polar surface area (TPSA) is 92.6 Å². The van der Waals surface area contributed by atoms with Crippen LogP contribution in [0.4, 0.5) is 24.5 Å². The highest BCUT2D eigenvalue weighted by molar-refractivity contribution is 5.95. The van der Waals surface area contributed by atoms with Crippen molar-refractivity contribution in [1.29, 1.82) is 0 Å². The van der Waals surface area contributed by atoms with Crippen molar-refractivity contribution in [3.8, 4) is 0 Å². The number of hydrogen-bond donors (Lipinski definition) is 1. The summed E-state index contributed by atoms with van der Waals surface area (Å²) in [4.78, 5) is 34.0. The van der Waals surface area contributed by atoms with E-state index in [2.05, 4.69) is 5.32 Å². The predicted octanol–water partition coefficient (Wildman–Crippen LogP) is 2.37. The molecule has 1 aromatic rings. The molecule has 1 fully saturated rings. The molecule has 1 amide bonds. The van der Waals surface area contributed by atoms with Crippen molar-refractivity contribution in [1.82, 2.24) is 4.90 Å². The van der Waals surface area contributed by atoms with E-state index in [1.54, 1.807) is 0 Å². The van der Waals surface area contributed by atoms with Gasteiger partial charge in [-0.3, -0.25) is 19.7 Å². The first-order valence-corrected chi connectivity index (χ1v) is 6.97. The number of carbonyl (C=O) groups is 2. The first-order valence-electron chi connectivity index (χ1n) is 6.97. The third-order valence-corrected chi connectivity index (χ3v) is 3.55. The summed E-state index contributed by atoms with van der Waals surface area (Å²) < 4.78 is 37.2. The summed E-state index contributed by atoms with van der Waals surface area (Å²) in [6.07, 6.45) is -4.69. The van der Waals surface area contributed by atoms with Crippen LogP contribution in [0.5, 0.6) is 0 Å². The Morgan fingerprint density at radius 2 is 2.12 bits per heavy atom. The molecule has 0 radical (unpaired) electrons. The van der Waals surface area contributed by atoms with E-state index in [0.717, 1.165) is 6.07 Å². The number of nitro benzene ring substituents is 1. The van der Waals surface area contributed by atoms with E-state index in [1.807, 2.05) is 0 Å². The molecule has 2 rings (SSSR count). The first kappa shape index (κ1) is 17.7. The minimum atomic E-state index is -4.50. The lowest BCUT2D eigenvalue weighted by molar-refractivity contribution is -0.384. The van der Waals surface area contributed by atoms with Crippen LogP contribution in [0.2, 0.25) is 0 Å².